The van der Waals surface area contributed by atoms with Gasteiger partial charge in [0.2, 0.25) is 0 Å². The van der Waals surface area contributed by atoms with E-state index in [-0.39, 0.29) is 5.82 Å². The Morgan fingerprint density at radius 3 is 3.00 bits per heavy atom. The topological polar surface area (TPSA) is 29.5 Å². The molecule has 0 saturated heterocycles. The van der Waals surface area contributed by atoms with Gasteiger partial charge in [0.25, 0.3) is 0 Å². The van der Waals surface area contributed by atoms with Crippen LogP contribution < -0.4 is 4.74 Å². The number of fused-ring (bicyclic) bond motifs is 1. The van der Waals surface area contributed by atoms with Crippen LogP contribution >= 0.6 is 11.6 Å². The molecule has 0 fully saturated rings. The highest BCUT2D eigenvalue weighted by molar-refractivity contribution is 6.22. The van der Waals surface area contributed by atoms with Gasteiger partial charge in [0, 0.05) is 0 Å². The van der Waals surface area contributed by atoms with Gasteiger partial charge >= 0.3 is 0 Å². The van der Waals surface area contributed by atoms with Gasteiger partial charge in [0.1, 0.15) is 17.7 Å². The van der Waals surface area contributed by atoms with E-state index in [9.17, 15) is 9.50 Å². The standard InChI is InChI=1S/C11H12ClFO2/c1-11(12,14)10-5-2-7-6-8(13)3-4-9(7)15-10/h3-4,6,10,14H,2,5H2,1H3. The Morgan fingerprint density at radius 2 is 2.33 bits per heavy atom. The molecular formula is C11H12ClFO2. The molecule has 1 aliphatic heterocycles. The van der Waals surface area contributed by atoms with E-state index in [1.165, 1.54) is 19.1 Å². The van der Waals surface area contributed by atoms with Gasteiger partial charge < -0.3 is 9.84 Å². The first-order chi connectivity index (χ1) is 6.97. The third-order valence-electron chi connectivity index (χ3n) is 2.56. The summed E-state index contributed by atoms with van der Waals surface area (Å²) in [5.41, 5.74) is 0.826. The third kappa shape index (κ3) is 2.24. The molecule has 1 aliphatic rings. The number of aryl methyl sites for hydroxylation is 1. The van der Waals surface area contributed by atoms with Crippen LogP contribution in [0, 0.1) is 5.82 Å². The van der Waals surface area contributed by atoms with E-state index in [2.05, 4.69) is 0 Å². The molecule has 0 bridgehead atoms. The number of aliphatic hydroxyl groups is 1. The maximum atomic E-state index is 12.9. The average Bonchev–Trinajstić information content (AvgIpc) is 2.15. The number of halogens is 2. The molecular weight excluding hydrogens is 219 g/mol. The Morgan fingerprint density at radius 1 is 1.60 bits per heavy atom. The van der Waals surface area contributed by atoms with Crippen LogP contribution in [0.2, 0.25) is 0 Å². The van der Waals surface area contributed by atoms with E-state index in [0.717, 1.165) is 5.56 Å². The monoisotopic (exact) mass is 230 g/mol. The van der Waals surface area contributed by atoms with Crippen molar-refractivity contribution in [3.8, 4) is 5.75 Å². The highest BCUT2D eigenvalue weighted by atomic mass is 35.5. The van der Waals surface area contributed by atoms with Crippen molar-refractivity contribution in [3.63, 3.8) is 0 Å². The number of benzene rings is 1. The lowest BCUT2D eigenvalue weighted by atomic mass is 9.99. The highest BCUT2D eigenvalue weighted by Crippen LogP contribution is 2.33. The lowest BCUT2D eigenvalue weighted by molar-refractivity contribution is 0.00456. The van der Waals surface area contributed by atoms with E-state index in [1.807, 2.05) is 0 Å². The van der Waals surface area contributed by atoms with Gasteiger partial charge in [0.15, 0.2) is 5.06 Å². The molecule has 1 aromatic carbocycles. The molecule has 0 amide bonds. The molecule has 0 aliphatic carbocycles. The first kappa shape index (κ1) is 10.7. The Hall–Kier alpha value is -0.800. The van der Waals surface area contributed by atoms with Gasteiger partial charge in [0.05, 0.1) is 0 Å². The minimum atomic E-state index is -1.38. The number of rotatable bonds is 1. The summed E-state index contributed by atoms with van der Waals surface area (Å²) in [5, 5.41) is 8.21. The maximum Gasteiger partial charge on any atom is 0.172 e. The fraction of sp³-hybridized carbons (Fsp3) is 0.455. The molecule has 2 nitrogen and oxygen atoms in total. The van der Waals surface area contributed by atoms with Crippen molar-refractivity contribution in [2.45, 2.75) is 30.9 Å². The lowest BCUT2D eigenvalue weighted by Gasteiger charge is -2.32. The third-order valence-corrected chi connectivity index (χ3v) is 2.80. The SMILES string of the molecule is CC(O)(Cl)C1CCc2cc(F)ccc2O1. The van der Waals surface area contributed by atoms with E-state index in [0.29, 0.717) is 18.6 Å². The molecule has 0 saturated carbocycles. The normalized spacial score (nSPS) is 23.9. The quantitative estimate of drug-likeness (QED) is 0.751. The fourth-order valence-electron chi connectivity index (χ4n) is 1.73. The number of ether oxygens (including phenoxy) is 1. The second-order valence-electron chi connectivity index (χ2n) is 3.92. The molecule has 0 spiro atoms. The van der Waals surface area contributed by atoms with Crippen LogP contribution in [0.1, 0.15) is 18.9 Å². The van der Waals surface area contributed by atoms with E-state index >= 15 is 0 Å². The summed E-state index contributed by atoms with van der Waals surface area (Å²) in [4.78, 5) is 0. The van der Waals surface area contributed by atoms with Gasteiger partial charge in [-0.15, -0.1) is 0 Å². The van der Waals surface area contributed by atoms with Crippen LogP contribution in [-0.2, 0) is 6.42 Å². The molecule has 1 aromatic rings. The molecule has 4 heteroatoms. The van der Waals surface area contributed by atoms with Crippen LogP contribution in [0.25, 0.3) is 0 Å². The summed E-state index contributed by atoms with van der Waals surface area (Å²) in [6, 6.07) is 4.36. The van der Waals surface area contributed by atoms with E-state index in [1.54, 1.807) is 6.07 Å². The number of hydrogen-bond acceptors (Lipinski definition) is 2. The summed E-state index contributed by atoms with van der Waals surface area (Å²) in [5.74, 6) is 0.335. The second kappa shape index (κ2) is 3.65. The molecule has 0 radical (unpaired) electrons. The summed E-state index contributed by atoms with van der Waals surface area (Å²) in [6.07, 6.45) is 0.810. The summed E-state index contributed by atoms with van der Waals surface area (Å²) >= 11 is 5.77. The highest BCUT2D eigenvalue weighted by Gasteiger charge is 2.34. The van der Waals surface area contributed by atoms with Crippen molar-refractivity contribution in [2.75, 3.05) is 0 Å². The van der Waals surface area contributed by atoms with Crippen molar-refractivity contribution in [1.82, 2.24) is 0 Å². The molecule has 2 rings (SSSR count). The minimum Gasteiger partial charge on any atom is -0.486 e. The molecule has 0 aromatic heterocycles. The van der Waals surface area contributed by atoms with Crippen LogP contribution in [0.3, 0.4) is 0 Å². The minimum absolute atomic E-state index is 0.270. The van der Waals surface area contributed by atoms with Crippen LogP contribution in [0.4, 0.5) is 4.39 Å². The molecule has 82 valence electrons. The second-order valence-corrected chi connectivity index (χ2v) is 4.69. The van der Waals surface area contributed by atoms with Gasteiger partial charge in [-0.1, -0.05) is 11.6 Å². The Bertz CT molecular complexity index is 373. The van der Waals surface area contributed by atoms with Crippen LogP contribution in [0.15, 0.2) is 18.2 Å². The molecule has 2 atom stereocenters. The molecule has 1 heterocycles. The van der Waals surface area contributed by atoms with Crippen molar-refractivity contribution >= 4 is 11.6 Å². The average molecular weight is 231 g/mol. The molecule has 15 heavy (non-hydrogen) atoms. The molecule has 1 N–H and O–H groups in total. The zero-order chi connectivity index (χ0) is 11.1. The zero-order valence-electron chi connectivity index (χ0n) is 8.34. The predicted molar refractivity (Wildman–Crippen MR) is 55.6 cm³/mol. The van der Waals surface area contributed by atoms with Crippen molar-refractivity contribution in [2.24, 2.45) is 0 Å². The van der Waals surface area contributed by atoms with Crippen molar-refractivity contribution in [3.05, 3.63) is 29.6 Å². The Balaban J connectivity index is 2.24. The smallest absolute Gasteiger partial charge is 0.172 e. The van der Waals surface area contributed by atoms with Crippen molar-refractivity contribution < 1.29 is 14.2 Å². The fourth-order valence-corrected chi connectivity index (χ4v) is 1.88. The predicted octanol–water partition coefficient (Wildman–Crippen LogP) is 2.47. The zero-order valence-corrected chi connectivity index (χ0v) is 9.09. The first-order valence-electron chi connectivity index (χ1n) is 4.83. The number of hydrogen-bond donors (Lipinski definition) is 1. The van der Waals surface area contributed by atoms with E-state index in [4.69, 9.17) is 16.3 Å². The number of alkyl halides is 1. The Kier molecular flexibility index (Phi) is 2.61. The largest absolute Gasteiger partial charge is 0.486 e. The molecule has 2 unspecified atom stereocenters. The lowest BCUT2D eigenvalue weighted by Crippen LogP contribution is -2.40. The van der Waals surface area contributed by atoms with E-state index < -0.39 is 11.2 Å². The summed E-state index contributed by atoms with van der Waals surface area (Å²) < 4.78 is 18.4. The van der Waals surface area contributed by atoms with Gasteiger partial charge in [-0.2, -0.15) is 0 Å². The summed E-state index contributed by atoms with van der Waals surface area (Å²) in [6.45, 7) is 1.49. The van der Waals surface area contributed by atoms with Crippen LogP contribution in [0.5, 0.6) is 5.75 Å². The van der Waals surface area contributed by atoms with Crippen LogP contribution in [-0.4, -0.2) is 16.3 Å². The van der Waals surface area contributed by atoms with Gasteiger partial charge in [-0.05, 0) is 43.5 Å². The maximum absolute atomic E-state index is 12.9. The summed E-state index contributed by atoms with van der Waals surface area (Å²) in [7, 11) is 0. The first-order valence-corrected chi connectivity index (χ1v) is 5.21. The van der Waals surface area contributed by atoms with Gasteiger partial charge in [-0.3, -0.25) is 0 Å². The van der Waals surface area contributed by atoms with Crippen molar-refractivity contribution in [1.29, 1.82) is 0 Å². The van der Waals surface area contributed by atoms with Gasteiger partial charge in [-0.25, -0.2) is 4.39 Å². The Labute approximate surface area is 92.6 Å².